The van der Waals surface area contributed by atoms with E-state index in [2.05, 4.69) is 34.4 Å². The lowest BCUT2D eigenvalue weighted by Crippen LogP contribution is -2.20. The average Bonchev–Trinajstić information content (AvgIpc) is 2.42. The third-order valence-corrected chi connectivity index (χ3v) is 3.36. The zero-order valence-corrected chi connectivity index (χ0v) is 12.0. The summed E-state index contributed by atoms with van der Waals surface area (Å²) in [6, 6.07) is 10.0. The van der Waals surface area contributed by atoms with E-state index in [1.165, 1.54) is 5.56 Å². The maximum Gasteiger partial charge on any atom is 0.0471 e. The number of nitrogens with zero attached hydrogens (tertiary/aromatic N) is 2. The van der Waals surface area contributed by atoms with Crippen LogP contribution in [-0.2, 0) is 13.1 Å². The molecule has 0 aliphatic rings. The molecule has 0 aliphatic heterocycles. The molecule has 0 saturated heterocycles. The van der Waals surface area contributed by atoms with Crippen molar-refractivity contribution in [3.8, 4) is 0 Å². The molecular formula is C15H18ClN3. The smallest absolute Gasteiger partial charge is 0.0471 e. The summed E-state index contributed by atoms with van der Waals surface area (Å²) in [5.41, 5.74) is 3.45. The fraction of sp³-hybridized carbons (Fsp3) is 0.267. The van der Waals surface area contributed by atoms with Gasteiger partial charge in [0.1, 0.15) is 0 Å². The number of benzene rings is 1. The van der Waals surface area contributed by atoms with Gasteiger partial charge in [-0.25, -0.2) is 0 Å². The first-order chi connectivity index (χ1) is 9.22. The SMILES string of the molecule is CNCc1c(Cl)cccc1N(C)Cc1cccnc1. The van der Waals surface area contributed by atoms with Gasteiger partial charge in [-0.2, -0.15) is 0 Å². The number of pyridine rings is 1. The minimum Gasteiger partial charge on any atom is -0.370 e. The highest BCUT2D eigenvalue weighted by Gasteiger charge is 2.10. The molecule has 1 heterocycles. The Morgan fingerprint density at radius 3 is 2.79 bits per heavy atom. The van der Waals surface area contributed by atoms with Gasteiger partial charge in [0.05, 0.1) is 0 Å². The molecule has 0 unspecified atom stereocenters. The van der Waals surface area contributed by atoms with Crippen LogP contribution in [0.3, 0.4) is 0 Å². The van der Waals surface area contributed by atoms with Gasteiger partial charge in [0, 0.05) is 48.8 Å². The molecule has 0 saturated carbocycles. The van der Waals surface area contributed by atoms with Gasteiger partial charge < -0.3 is 10.2 Å². The molecule has 0 fully saturated rings. The van der Waals surface area contributed by atoms with Crippen LogP contribution in [0, 0.1) is 0 Å². The Kier molecular flexibility index (Phi) is 4.77. The van der Waals surface area contributed by atoms with Crippen LogP contribution in [0.15, 0.2) is 42.7 Å². The number of halogens is 1. The predicted octanol–water partition coefficient (Wildman–Crippen LogP) is 3.09. The second-order valence-electron chi connectivity index (χ2n) is 4.49. The van der Waals surface area contributed by atoms with Gasteiger partial charge in [-0.1, -0.05) is 23.7 Å². The Balaban J connectivity index is 2.23. The highest BCUT2D eigenvalue weighted by molar-refractivity contribution is 6.31. The Bertz CT molecular complexity index is 528. The van der Waals surface area contributed by atoms with Crippen LogP contribution in [0.2, 0.25) is 5.02 Å². The van der Waals surface area contributed by atoms with Crippen molar-refractivity contribution in [2.24, 2.45) is 0 Å². The lowest BCUT2D eigenvalue weighted by molar-refractivity contribution is 0.805. The highest BCUT2D eigenvalue weighted by atomic mass is 35.5. The number of rotatable bonds is 5. The van der Waals surface area contributed by atoms with E-state index >= 15 is 0 Å². The van der Waals surface area contributed by atoms with Crippen molar-refractivity contribution >= 4 is 17.3 Å². The fourth-order valence-electron chi connectivity index (χ4n) is 2.11. The van der Waals surface area contributed by atoms with Crippen LogP contribution in [0.25, 0.3) is 0 Å². The third-order valence-electron chi connectivity index (χ3n) is 3.00. The number of hydrogen-bond donors (Lipinski definition) is 1. The molecule has 0 bridgehead atoms. The summed E-state index contributed by atoms with van der Waals surface area (Å²) in [5.74, 6) is 0. The van der Waals surface area contributed by atoms with Crippen LogP contribution < -0.4 is 10.2 Å². The second kappa shape index (κ2) is 6.55. The summed E-state index contributed by atoms with van der Waals surface area (Å²) < 4.78 is 0. The minimum absolute atomic E-state index is 0.756. The zero-order chi connectivity index (χ0) is 13.7. The van der Waals surface area contributed by atoms with Crippen LogP contribution in [0.5, 0.6) is 0 Å². The molecule has 1 aromatic carbocycles. The first kappa shape index (κ1) is 13.8. The van der Waals surface area contributed by atoms with Crippen molar-refractivity contribution in [2.75, 3.05) is 19.0 Å². The average molecular weight is 276 g/mol. The van der Waals surface area contributed by atoms with Crippen LogP contribution in [-0.4, -0.2) is 19.1 Å². The van der Waals surface area contributed by atoms with E-state index in [0.29, 0.717) is 0 Å². The number of aromatic nitrogens is 1. The van der Waals surface area contributed by atoms with Crippen LogP contribution in [0.4, 0.5) is 5.69 Å². The molecule has 1 N–H and O–H groups in total. The summed E-state index contributed by atoms with van der Waals surface area (Å²) >= 11 is 6.28. The largest absolute Gasteiger partial charge is 0.370 e. The van der Waals surface area contributed by atoms with E-state index in [9.17, 15) is 0 Å². The van der Waals surface area contributed by atoms with Gasteiger partial charge >= 0.3 is 0 Å². The molecule has 2 aromatic rings. The summed E-state index contributed by atoms with van der Waals surface area (Å²) in [4.78, 5) is 6.33. The molecule has 3 nitrogen and oxygen atoms in total. The van der Waals surface area contributed by atoms with Crippen molar-refractivity contribution in [1.82, 2.24) is 10.3 Å². The molecule has 0 radical (unpaired) electrons. The van der Waals surface area contributed by atoms with E-state index in [1.54, 1.807) is 6.20 Å². The van der Waals surface area contributed by atoms with Gasteiger partial charge in [-0.15, -0.1) is 0 Å². The topological polar surface area (TPSA) is 28.2 Å². The molecule has 100 valence electrons. The van der Waals surface area contributed by atoms with Crippen molar-refractivity contribution in [2.45, 2.75) is 13.1 Å². The van der Waals surface area contributed by atoms with E-state index in [4.69, 9.17) is 11.6 Å². The van der Waals surface area contributed by atoms with Gasteiger partial charge in [-0.3, -0.25) is 4.98 Å². The summed E-state index contributed by atoms with van der Waals surface area (Å²) in [5, 5.41) is 3.96. The maximum absolute atomic E-state index is 6.28. The molecule has 0 amide bonds. The van der Waals surface area contributed by atoms with Gasteiger partial charge in [0.15, 0.2) is 0 Å². The lowest BCUT2D eigenvalue weighted by Gasteiger charge is -2.23. The van der Waals surface area contributed by atoms with Crippen molar-refractivity contribution < 1.29 is 0 Å². The number of nitrogens with one attached hydrogen (secondary N) is 1. The second-order valence-corrected chi connectivity index (χ2v) is 4.89. The van der Waals surface area contributed by atoms with E-state index in [0.717, 1.165) is 29.4 Å². The maximum atomic E-state index is 6.28. The normalized spacial score (nSPS) is 10.5. The Hall–Kier alpha value is -1.58. The first-order valence-corrected chi connectivity index (χ1v) is 6.62. The summed E-state index contributed by atoms with van der Waals surface area (Å²) in [6.07, 6.45) is 3.67. The predicted molar refractivity (Wildman–Crippen MR) is 80.6 cm³/mol. The monoisotopic (exact) mass is 275 g/mol. The molecule has 0 atom stereocenters. The minimum atomic E-state index is 0.756. The summed E-state index contributed by atoms with van der Waals surface area (Å²) in [7, 11) is 3.99. The van der Waals surface area contributed by atoms with Crippen LogP contribution >= 0.6 is 11.6 Å². The van der Waals surface area contributed by atoms with E-state index < -0.39 is 0 Å². The molecule has 2 rings (SSSR count). The molecule has 1 aromatic heterocycles. The molecule has 0 aliphatic carbocycles. The highest BCUT2D eigenvalue weighted by Crippen LogP contribution is 2.27. The van der Waals surface area contributed by atoms with Crippen molar-refractivity contribution in [3.05, 3.63) is 58.9 Å². The number of hydrogen-bond acceptors (Lipinski definition) is 3. The standard InChI is InChI=1S/C15H18ClN3/c1-17-10-13-14(16)6-3-7-15(13)19(2)11-12-5-4-8-18-9-12/h3-9,17H,10-11H2,1-2H3. The van der Waals surface area contributed by atoms with Gasteiger partial charge in [-0.05, 0) is 30.8 Å². The van der Waals surface area contributed by atoms with Crippen molar-refractivity contribution in [1.29, 1.82) is 0 Å². The Morgan fingerprint density at radius 1 is 1.26 bits per heavy atom. The van der Waals surface area contributed by atoms with Crippen LogP contribution in [0.1, 0.15) is 11.1 Å². The number of anilines is 1. The molecule has 19 heavy (non-hydrogen) atoms. The fourth-order valence-corrected chi connectivity index (χ4v) is 2.34. The van der Waals surface area contributed by atoms with E-state index in [1.807, 2.05) is 31.4 Å². The van der Waals surface area contributed by atoms with Crippen molar-refractivity contribution in [3.63, 3.8) is 0 Å². The van der Waals surface area contributed by atoms with Gasteiger partial charge in [0.2, 0.25) is 0 Å². The molecule has 4 heteroatoms. The Morgan fingerprint density at radius 2 is 2.11 bits per heavy atom. The summed E-state index contributed by atoms with van der Waals surface area (Å²) in [6.45, 7) is 1.57. The first-order valence-electron chi connectivity index (χ1n) is 6.24. The lowest BCUT2D eigenvalue weighted by atomic mass is 10.1. The third kappa shape index (κ3) is 3.46. The molecule has 0 spiro atoms. The zero-order valence-electron chi connectivity index (χ0n) is 11.2. The Labute approximate surface area is 119 Å². The van der Waals surface area contributed by atoms with E-state index in [-0.39, 0.29) is 0 Å². The van der Waals surface area contributed by atoms with Gasteiger partial charge in [0.25, 0.3) is 0 Å². The quantitative estimate of drug-likeness (QED) is 0.909. The molecular weight excluding hydrogens is 258 g/mol.